The highest BCUT2D eigenvalue weighted by atomic mass is 79.9. The second-order valence-corrected chi connectivity index (χ2v) is 4.10. The number of rotatable bonds is 3. The SMILES string of the molecule is NCCCC1Oc2ccc(Br)cc2O1. The van der Waals surface area contributed by atoms with Crippen LogP contribution in [0.4, 0.5) is 0 Å². The number of fused-ring (bicyclic) bond motifs is 1. The molecule has 2 rings (SSSR count). The normalized spacial score (nSPS) is 18.6. The van der Waals surface area contributed by atoms with E-state index in [0.29, 0.717) is 6.54 Å². The van der Waals surface area contributed by atoms with Gasteiger partial charge in [-0.3, -0.25) is 0 Å². The molecule has 1 heterocycles. The Morgan fingerprint density at radius 1 is 1.29 bits per heavy atom. The predicted octanol–water partition coefficient (Wildman–Crippen LogP) is 2.29. The van der Waals surface area contributed by atoms with Gasteiger partial charge in [0, 0.05) is 10.9 Å². The molecule has 1 aromatic rings. The fraction of sp³-hybridized carbons (Fsp3) is 0.400. The van der Waals surface area contributed by atoms with Gasteiger partial charge in [-0.05, 0) is 31.2 Å². The van der Waals surface area contributed by atoms with Crippen molar-refractivity contribution in [2.45, 2.75) is 19.1 Å². The molecule has 1 atom stereocenters. The summed E-state index contributed by atoms with van der Waals surface area (Å²) in [6.07, 6.45) is 1.59. The molecule has 0 saturated heterocycles. The third kappa shape index (κ3) is 2.01. The third-order valence-electron chi connectivity index (χ3n) is 2.07. The van der Waals surface area contributed by atoms with E-state index in [1.165, 1.54) is 0 Å². The minimum atomic E-state index is -0.164. The molecule has 0 bridgehead atoms. The number of benzene rings is 1. The summed E-state index contributed by atoms with van der Waals surface area (Å²) >= 11 is 3.38. The second kappa shape index (κ2) is 4.19. The lowest BCUT2D eigenvalue weighted by atomic mass is 10.3. The van der Waals surface area contributed by atoms with Crippen LogP contribution in [0.5, 0.6) is 11.5 Å². The van der Waals surface area contributed by atoms with Crippen molar-refractivity contribution in [2.75, 3.05) is 6.54 Å². The molecule has 0 amide bonds. The van der Waals surface area contributed by atoms with Crippen LogP contribution in [-0.2, 0) is 0 Å². The highest BCUT2D eigenvalue weighted by Gasteiger charge is 2.23. The maximum absolute atomic E-state index is 5.58. The minimum absolute atomic E-state index is 0.164. The topological polar surface area (TPSA) is 44.5 Å². The van der Waals surface area contributed by atoms with Crippen LogP contribution >= 0.6 is 15.9 Å². The molecule has 1 aromatic carbocycles. The Kier molecular flexibility index (Phi) is 2.93. The summed E-state index contributed by atoms with van der Waals surface area (Å²) in [6, 6.07) is 5.76. The monoisotopic (exact) mass is 257 g/mol. The van der Waals surface area contributed by atoms with Crippen LogP contribution in [0.2, 0.25) is 0 Å². The molecule has 4 heteroatoms. The van der Waals surface area contributed by atoms with Gasteiger partial charge < -0.3 is 15.2 Å². The van der Waals surface area contributed by atoms with Gasteiger partial charge in [0.25, 0.3) is 0 Å². The van der Waals surface area contributed by atoms with Crippen LogP contribution in [0, 0.1) is 0 Å². The lowest BCUT2D eigenvalue weighted by Crippen LogP contribution is -2.19. The van der Waals surface area contributed by atoms with Crippen molar-refractivity contribution in [1.82, 2.24) is 0 Å². The van der Waals surface area contributed by atoms with Gasteiger partial charge in [0.2, 0.25) is 6.29 Å². The average Bonchev–Trinajstić information content (AvgIpc) is 2.56. The standard InChI is InChI=1S/C10H12BrNO2/c11-7-3-4-8-9(6-7)14-10(13-8)2-1-5-12/h3-4,6,10H,1-2,5,12H2. The molecule has 76 valence electrons. The quantitative estimate of drug-likeness (QED) is 0.904. The molecule has 2 N–H and O–H groups in total. The van der Waals surface area contributed by atoms with Crippen LogP contribution in [0.3, 0.4) is 0 Å². The van der Waals surface area contributed by atoms with Crippen LogP contribution in [0.25, 0.3) is 0 Å². The molecule has 1 aliphatic heterocycles. The Balaban J connectivity index is 2.03. The van der Waals surface area contributed by atoms with E-state index in [1.54, 1.807) is 0 Å². The van der Waals surface area contributed by atoms with E-state index in [-0.39, 0.29) is 6.29 Å². The average molecular weight is 258 g/mol. The van der Waals surface area contributed by atoms with Crippen molar-refractivity contribution in [2.24, 2.45) is 5.73 Å². The molecular weight excluding hydrogens is 246 g/mol. The van der Waals surface area contributed by atoms with Gasteiger partial charge in [0.1, 0.15) is 0 Å². The zero-order valence-corrected chi connectivity index (χ0v) is 9.29. The maximum atomic E-state index is 5.58. The van der Waals surface area contributed by atoms with E-state index in [0.717, 1.165) is 28.8 Å². The lowest BCUT2D eigenvalue weighted by Gasteiger charge is -2.08. The third-order valence-corrected chi connectivity index (χ3v) is 2.56. The zero-order valence-electron chi connectivity index (χ0n) is 7.70. The molecule has 0 saturated carbocycles. The first-order valence-corrected chi connectivity index (χ1v) is 5.42. The van der Waals surface area contributed by atoms with Crippen molar-refractivity contribution in [1.29, 1.82) is 0 Å². The van der Waals surface area contributed by atoms with Crippen LogP contribution in [0.15, 0.2) is 22.7 Å². The van der Waals surface area contributed by atoms with Crippen molar-refractivity contribution in [3.05, 3.63) is 22.7 Å². The molecule has 0 aromatic heterocycles. The fourth-order valence-electron chi connectivity index (χ4n) is 1.38. The van der Waals surface area contributed by atoms with Gasteiger partial charge in [-0.2, -0.15) is 0 Å². The van der Waals surface area contributed by atoms with E-state index in [2.05, 4.69) is 15.9 Å². The first kappa shape index (κ1) is 9.80. The largest absolute Gasteiger partial charge is 0.451 e. The number of halogens is 1. The molecule has 0 aliphatic carbocycles. The molecule has 1 aliphatic rings. The highest BCUT2D eigenvalue weighted by Crippen LogP contribution is 2.37. The first-order valence-electron chi connectivity index (χ1n) is 4.62. The van der Waals surface area contributed by atoms with Crippen LogP contribution in [0.1, 0.15) is 12.8 Å². The van der Waals surface area contributed by atoms with E-state index >= 15 is 0 Å². The summed E-state index contributed by atoms with van der Waals surface area (Å²) in [5.41, 5.74) is 5.42. The van der Waals surface area contributed by atoms with Crippen LogP contribution < -0.4 is 15.2 Å². The molecule has 1 unspecified atom stereocenters. The van der Waals surface area contributed by atoms with Gasteiger partial charge >= 0.3 is 0 Å². The Labute approximate surface area is 91.3 Å². The number of ether oxygens (including phenoxy) is 2. The van der Waals surface area contributed by atoms with Gasteiger partial charge in [-0.25, -0.2) is 0 Å². The highest BCUT2D eigenvalue weighted by molar-refractivity contribution is 9.10. The molecule has 14 heavy (non-hydrogen) atoms. The summed E-state index contributed by atoms with van der Waals surface area (Å²) in [4.78, 5) is 0. The molecule has 0 spiro atoms. The summed E-state index contributed by atoms with van der Waals surface area (Å²) in [5, 5.41) is 0. The molecule has 0 radical (unpaired) electrons. The van der Waals surface area contributed by atoms with E-state index in [1.807, 2.05) is 18.2 Å². The fourth-order valence-corrected chi connectivity index (χ4v) is 1.72. The summed E-state index contributed by atoms with van der Waals surface area (Å²) in [5.74, 6) is 1.62. The Bertz CT molecular complexity index is 330. The van der Waals surface area contributed by atoms with E-state index < -0.39 is 0 Å². The summed E-state index contributed by atoms with van der Waals surface area (Å²) in [7, 11) is 0. The molecular formula is C10H12BrNO2. The van der Waals surface area contributed by atoms with Gasteiger partial charge in [-0.1, -0.05) is 15.9 Å². The zero-order chi connectivity index (χ0) is 9.97. The molecule has 0 fully saturated rings. The Morgan fingerprint density at radius 2 is 2.07 bits per heavy atom. The Morgan fingerprint density at radius 3 is 2.86 bits per heavy atom. The Hall–Kier alpha value is -0.740. The van der Waals surface area contributed by atoms with Gasteiger partial charge in [-0.15, -0.1) is 0 Å². The van der Waals surface area contributed by atoms with Gasteiger partial charge in [0.05, 0.1) is 0 Å². The van der Waals surface area contributed by atoms with Crippen LogP contribution in [-0.4, -0.2) is 12.8 Å². The van der Waals surface area contributed by atoms with Crippen molar-refractivity contribution in [3.8, 4) is 11.5 Å². The van der Waals surface area contributed by atoms with Crippen molar-refractivity contribution in [3.63, 3.8) is 0 Å². The van der Waals surface area contributed by atoms with E-state index in [4.69, 9.17) is 15.2 Å². The van der Waals surface area contributed by atoms with Gasteiger partial charge in [0.15, 0.2) is 11.5 Å². The molecule has 3 nitrogen and oxygen atoms in total. The predicted molar refractivity (Wildman–Crippen MR) is 57.5 cm³/mol. The van der Waals surface area contributed by atoms with Crippen molar-refractivity contribution >= 4 is 15.9 Å². The number of hydrogen-bond donors (Lipinski definition) is 1. The van der Waals surface area contributed by atoms with E-state index in [9.17, 15) is 0 Å². The number of nitrogens with two attached hydrogens (primary N) is 1. The minimum Gasteiger partial charge on any atom is -0.451 e. The first-order chi connectivity index (χ1) is 6.79. The second-order valence-electron chi connectivity index (χ2n) is 3.19. The summed E-state index contributed by atoms with van der Waals surface area (Å²) in [6.45, 7) is 0.670. The summed E-state index contributed by atoms with van der Waals surface area (Å²) < 4.78 is 12.1. The van der Waals surface area contributed by atoms with Crippen molar-refractivity contribution < 1.29 is 9.47 Å². The lowest BCUT2D eigenvalue weighted by molar-refractivity contribution is 0.0407. The number of hydrogen-bond acceptors (Lipinski definition) is 3. The maximum Gasteiger partial charge on any atom is 0.241 e. The smallest absolute Gasteiger partial charge is 0.241 e.